The number of hydrogen-bond donors (Lipinski definition) is 0. The van der Waals surface area contributed by atoms with Gasteiger partial charge in [-0.2, -0.15) is 0 Å². The lowest BCUT2D eigenvalue weighted by molar-refractivity contribution is 0.556. The average Bonchev–Trinajstić information content (AvgIpc) is 2.96. The second kappa shape index (κ2) is 5.61. The summed E-state index contributed by atoms with van der Waals surface area (Å²) in [6, 6.07) is 7.53. The first-order chi connectivity index (χ1) is 7.95. The molecule has 0 N–H and O–H groups in total. The second-order valence-corrected chi connectivity index (χ2v) is 3.13. The molecule has 0 saturated carbocycles. The molecule has 0 saturated heterocycles. The van der Waals surface area contributed by atoms with Gasteiger partial charge in [-0.25, -0.2) is 0 Å². The van der Waals surface area contributed by atoms with Crippen LogP contribution in [-0.4, -0.2) is 0 Å². The first kappa shape index (κ1) is 10.3. The van der Waals surface area contributed by atoms with Crippen molar-refractivity contribution in [3.05, 3.63) is 72.6 Å². The Labute approximate surface area is 94.2 Å². The monoisotopic (exact) mass is 212 g/mol. The normalized spacial score (nSPS) is 12.2. The third-order valence-corrected chi connectivity index (χ3v) is 1.94. The molecular weight excluding hydrogens is 200 g/mol. The fourth-order valence-corrected chi connectivity index (χ4v) is 1.20. The van der Waals surface area contributed by atoms with E-state index in [9.17, 15) is 0 Å². The summed E-state index contributed by atoms with van der Waals surface area (Å²) in [5.41, 5.74) is 0. The van der Waals surface area contributed by atoms with E-state index in [1.165, 1.54) is 0 Å². The van der Waals surface area contributed by atoms with Gasteiger partial charge in [0.2, 0.25) is 0 Å². The van der Waals surface area contributed by atoms with E-state index in [-0.39, 0.29) is 0 Å². The molecule has 0 bridgehead atoms. The molecule has 0 spiro atoms. The zero-order valence-electron chi connectivity index (χ0n) is 8.74. The fraction of sp³-hybridized carbons (Fsp3) is 0. The van der Waals surface area contributed by atoms with E-state index in [0.717, 1.165) is 11.5 Å². The third kappa shape index (κ3) is 3.17. The van der Waals surface area contributed by atoms with E-state index in [1.54, 1.807) is 12.5 Å². The summed E-state index contributed by atoms with van der Waals surface area (Å²) >= 11 is 0. The Morgan fingerprint density at radius 3 is 1.56 bits per heavy atom. The molecule has 0 amide bonds. The molecule has 2 heterocycles. The lowest BCUT2D eigenvalue weighted by atomic mass is 10.3. The van der Waals surface area contributed by atoms with Crippen LogP contribution < -0.4 is 0 Å². The van der Waals surface area contributed by atoms with Crippen LogP contribution in [0.1, 0.15) is 11.5 Å². The molecule has 2 aromatic rings. The summed E-state index contributed by atoms with van der Waals surface area (Å²) in [7, 11) is 0. The van der Waals surface area contributed by atoms with Crippen molar-refractivity contribution in [1.29, 1.82) is 0 Å². The van der Waals surface area contributed by atoms with Gasteiger partial charge < -0.3 is 8.83 Å². The molecule has 0 aliphatic heterocycles. The summed E-state index contributed by atoms with van der Waals surface area (Å²) in [4.78, 5) is 0. The van der Waals surface area contributed by atoms with E-state index in [0.29, 0.717) is 0 Å². The van der Waals surface area contributed by atoms with E-state index in [2.05, 4.69) is 0 Å². The zero-order chi connectivity index (χ0) is 11.1. The standard InChI is InChI=1S/C14H12O2/c1(3-7-13-9-5-11-15-13)2-4-8-14-10-6-12-16-14/h1-12H/b2-1+,7-3+,8-4+. The van der Waals surface area contributed by atoms with Crippen LogP contribution in [0.5, 0.6) is 0 Å². The molecule has 0 aromatic carbocycles. The van der Waals surface area contributed by atoms with E-state index >= 15 is 0 Å². The highest BCUT2D eigenvalue weighted by Crippen LogP contribution is 2.03. The Kier molecular flexibility index (Phi) is 3.61. The van der Waals surface area contributed by atoms with Gasteiger partial charge in [0.1, 0.15) is 11.5 Å². The van der Waals surface area contributed by atoms with Crippen LogP contribution in [0.2, 0.25) is 0 Å². The van der Waals surface area contributed by atoms with Crippen molar-refractivity contribution in [1.82, 2.24) is 0 Å². The maximum Gasteiger partial charge on any atom is 0.126 e. The van der Waals surface area contributed by atoms with Gasteiger partial charge in [0.15, 0.2) is 0 Å². The molecule has 0 radical (unpaired) electrons. The van der Waals surface area contributed by atoms with Crippen LogP contribution in [0.4, 0.5) is 0 Å². The van der Waals surface area contributed by atoms with Gasteiger partial charge in [0.25, 0.3) is 0 Å². The summed E-state index contributed by atoms with van der Waals surface area (Å²) in [5, 5.41) is 0. The summed E-state index contributed by atoms with van der Waals surface area (Å²) in [6.07, 6.45) is 14.8. The van der Waals surface area contributed by atoms with Crippen LogP contribution in [0.3, 0.4) is 0 Å². The van der Waals surface area contributed by atoms with Gasteiger partial charge in [-0.15, -0.1) is 0 Å². The van der Waals surface area contributed by atoms with Crippen molar-refractivity contribution >= 4 is 12.2 Å². The van der Waals surface area contributed by atoms with Crippen LogP contribution >= 0.6 is 0 Å². The highest BCUT2D eigenvalue weighted by atomic mass is 16.3. The van der Waals surface area contributed by atoms with Gasteiger partial charge in [-0.05, 0) is 36.4 Å². The number of rotatable bonds is 4. The minimum Gasteiger partial charge on any atom is -0.465 e. The van der Waals surface area contributed by atoms with Crippen molar-refractivity contribution in [2.45, 2.75) is 0 Å². The lowest BCUT2D eigenvalue weighted by Crippen LogP contribution is -1.59. The minimum absolute atomic E-state index is 0.847. The van der Waals surface area contributed by atoms with Crippen molar-refractivity contribution in [2.75, 3.05) is 0 Å². The smallest absolute Gasteiger partial charge is 0.126 e. The molecule has 2 nitrogen and oxygen atoms in total. The van der Waals surface area contributed by atoms with Crippen molar-refractivity contribution < 1.29 is 8.83 Å². The van der Waals surface area contributed by atoms with Crippen LogP contribution in [-0.2, 0) is 0 Å². The van der Waals surface area contributed by atoms with Crippen molar-refractivity contribution in [2.24, 2.45) is 0 Å². The van der Waals surface area contributed by atoms with Crippen LogP contribution in [0.15, 0.2) is 69.9 Å². The van der Waals surface area contributed by atoms with Gasteiger partial charge in [-0.1, -0.05) is 24.3 Å². The molecule has 80 valence electrons. The zero-order valence-corrected chi connectivity index (χ0v) is 8.74. The fourth-order valence-electron chi connectivity index (χ4n) is 1.20. The van der Waals surface area contributed by atoms with E-state index in [1.807, 2.05) is 60.7 Å². The summed E-state index contributed by atoms with van der Waals surface area (Å²) in [5.74, 6) is 1.69. The SMILES string of the molecule is C(=C\C=C\c1ccco1)/C=C/c1ccco1. The second-order valence-electron chi connectivity index (χ2n) is 3.13. The van der Waals surface area contributed by atoms with Gasteiger partial charge in [-0.3, -0.25) is 0 Å². The molecule has 0 aliphatic carbocycles. The molecule has 16 heavy (non-hydrogen) atoms. The molecule has 0 fully saturated rings. The van der Waals surface area contributed by atoms with Crippen molar-refractivity contribution in [3.63, 3.8) is 0 Å². The quantitative estimate of drug-likeness (QED) is 0.711. The minimum atomic E-state index is 0.847. The Balaban J connectivity index is 1.82. The number of hydrogen-bond acceptors (Lipinski definition) is 2. The predicted octanol–water partition coefficient (Wildman–Crippen LogP) is 4.16. The highest BCUT2D eigenvalue weighted by molar-refractivity contribution is 5.47. The van der Waals surface area contributed by atoms with Gasteiger partial charge in [0, 0.05) is 0 Å². The molecular formula is C14H12O2. The highest BCUT2D eigenvalue weighted by Gasteiger charge is 1.84. The maximum atomic E-state index is 5.15. The maximum absolute atomic E-state index is 5.15. The molecule has 0 unspecified atom stereocenters. The molecule has 2 heteroatoms. The average molecular weight is 212 g/mol. The van der Waals surface area contributed by atoms with Crippen molar-refractivity contribution in [3.8, 4) is 0 Å². The number of furan rings is 2. The summed E-state index contributed by atoms with van der Waals surface area (Å²) < 4.78 is 10.3. The van der Waals surface area contributed by atoms with Crippen LogP contribution in [0.25, 0.3) is 12.2 Å². The molecule has 0 aliphatic rings. The topological polar surface area (TPSA) is 26.3 Å². The van der Waals surface area contributed by atoms with Gasteiger partial charge >= 0.3 is 0 Å². The molecule has 2 aromatic heterocycles. The Bertz CT molecular complexity index is 425. The summed E-state index contributed by atoms with van der Waals surface area (Å²) in [6.45, 7) is 0. The lowest BCUT2D eigenvalue weighted by Gasteiger charge is -1.80. The molecule has 2 rings (SSSR count). The Morgan fingerprint density at radius 1 is 0.688 bits per heavy atom. The largest absolute Gasteiger partial charge is 0.465 e. The van der Waals surface area contributed by atoms with Crippen LogP contribution in [0, 0.1) is 0 Å². The molecule has 0 atom stereocenters. The third-order valence-electron chi connectivity index (χ3n) is 1.94. The number of allylic oxidation sites excluding steroid dienone is 4. The van der Waals surface area contributed by atoms with E-state index in [4.69, 9.17) is 8.83 Å². The first-order valence-electron chi connectivity index (χ1n) is 5.03. The van der Waals surface area contributed by atoms with Gasteiger partial charge in [0.05, 0.1) is 12.5 Å². The Morgan fingerprint density at radius 2 is 1.19 bits per heavy atom. The van der Waals surface area contributed by atoms with E-state index < -0.39 is 0 Å². The Hall–Kier alpha value is -2.22. The predicted molar refractivity (Wildman–Crippen MR) is 64.6 cm³/mol. The first-order valence-corrected chi connectivity index (χ1v) is 5.03.